The lowest BCUT2D eigenvalue weighted by Gasteiger charge is -2.03. The van der Waals surface area contributed by atoms with E-state index >= 15 is 0 Å². The first-order valence-corrected chi connectivity index (χ1v) is 3.57. The molecule has 0 aliphatic carbocycles. The van der Waals surface area contributed by atoms with Gasteiger partial charge < -0.3 is 0 Å². The van der Waals surface area contributed by atoms with Crippen LogP contribution in [0.25, 0.3) is 0 Å². The Morgan fingerprint density at radius 2 is 2.15 bits per heavy atom. The number of halogens is 3. The highest BCUT2D eigenvalue weighted by atomic mass is 19.4. The molecule has 68 valence electrons. The second kappa shape index (κ2) is 2.51. The molecule has 13 heavy (non-hydrogen) atoms. The van der Waals surface area contributed by atoms with Crippen molar-refractivity contribution in [3.8, 4) is 0 Å². The Labute approximate surface area is 71.4 Å². The van der Waals surface area contributed by atoms with Gasteiger partial charge in [0, 0.05) is 6.20 Å². The van der Waals surface area contributed by atoms with Crippen LogP contribution in [-0.2, 0) is 12.7 Å². The molecule has 0 aromatic carbocycles. The molecule has 0 amide bonds. The fourth-order valence-electron chi connectivity index (χ4n) is 1.08. The normalized spacial score (nSPS) is 14.7. The van der Waals surface area contributed by atoms with E-state index in [-0.39, 0.29) is 0 Å². The van der Waals surface area contributed by atoms with Crippen molar-refractivity contribution in [1.82, 2.24) is 9.97 Å². The van der Waals surface area contributed by atoms with Crippen LogP contribution >= 0.6 is 0 Å². The minimum atomic E-state index is -4.46. The molecule has 1 aliphatic rings. The number of rotatable bonds is 0. The van der Waals surface area contributed by atoms with Crippen molar-refractivity contribution in [2.75, 3.05) is 0 Å². The molecule has 0 bridgehead atoms. The lowest BCUT2D eigenvalue weighted by atomic mass is 10.3. The number of fused-ring (bicyclic) bond motifs is 1. The molecule has 2 heterocycles. The van der Waals surface area contributed by atoms with E-state index in [9.17, 15) is 13.2 Å². The Morgan fingerprint density at radius 1 is 1.38 bits per heavy atom. The summed E-state index contributed by atoms with van der Waals surface area (Å²) < 4.78 is 36.3. The fraction of sp³-hybridized carbons (Fsp3) is 0.286. The number of nitrogens with one attached hydrogen (secondary N) is 1. The molecule has 0 unspecified atom stereocenters. The molecule has 1 N–H and O–H groups in total. The molecule has 3 nitrogen and oxygen atoms in total. The average molecular weight is 188 g/mol. The summed E-state index contributed by atoms with van der Waals surface area (Å²) in [5, 5.41) is 0. The SMILES string of the molecule is FC(F)(F)c1ncc2c(n1)C[NH+]=C2. The predicted octanol–water partition coefficient (Wildman–Crippen LogP) is -0.492. The number of alkyl halides is 3. The van der Waals surface area contributed by atoms with Gasteiger partial charge in [0.2, 0.25) is 5.82 Å². The molecule has 0 atom stereocenters. The van der Waals surface area contributed by atoms with Gasteiger partial charge in [0.15, 0.2) is 12.8 Å². The van der Waals surface area contributed by atoms with E-state index < -0.39 is 12.0 Å². The third-order valence-corrected chi connectivity index (χ3v) is 1.68. The summed E-state index contributed by atoms with van der Waals surface area (Å²) in [5.74, 6) is -1.08. The third kappa shape index (κ3) is 1.39. The number of hydrogen-bond donors (Lipinski definition) is 1. The van der Waals surface area contributed by atoms with Crippen LogP contribution in [0, 0.1) is 0 Å². The molecule has 1 aliphatic heterocycles. The van der Waals surface area contributed by atoms with E-state index in [4.69, 9.17) is 0 Å². The highest BCUT2D eigenvalue weighted by Gasteiger charge is 2.35. The first-order valence-electron chi connectivity index (χ1n) is 3.57. The Kier molecular flexibility index (Phi) is 1.58. The fourth-order valence-corrected chi connectivity index (χ4v) is 1.08. The van der Waals surface area contributed by atoms with Gasteiger partial charge in [0.25, 0.3) is 0 Å². The third-order valence-electron chi connectivity index (χ3n) is 1.68. The molecule has 2 rings (SSSR count). The quantitative estimate of drug-likeness (QED) is 0.596. The first-order chi connectivity index (χ1) is 6.07. The minimum absolute atomic E-state index is 0.334. The second-order valence-corrected chi connectivity index (χ2v) is 2.62. The van der Waals surface area contributed by atoms with E-state index in [0.717, 1.165) is 0 Å². The van der Waals surface area contributed by atoms with Gasteiger partial charge in [-0.05, 0) is 0 Å². The predicted molar refractivity (Wildman–Crippen MR) is 36.9 cm³/mol. The molecule has 0 saturated carbocycles. The Bertz CT molecular complexity index is 370. The summed E-state index contributed by atoms with van der Waals surface area (Å²) >= 11 is 0. The number of nitrogens with zero attached hydrogens (tertiary/aromatic N) is 2. The molecular weight excluding hydrogens is 183 g/mol. The highest BCUT2D eigenvalue weighted by Crippen LogP contribution is 2.26. The standard InChI is InChI=1S/C7H4F3N3/c8-7(9,10)6-12-2-4-1-11-3-5(4)13-6/h1-2H,3H2/p+1. The van der Waals surface area contributed by atoms with Crippen molar-refractivity contribution >= 4 is 6.21 Å². The molecular formula is C7H5F3N3+. The zero-order valence-corrected chi connectivity index (χ0v) is 6.39. The minimum Gasteiger partial charge on any atom is -0.242 e. The molecule has 0 saturated heterocycles. The Balaban J connectivity index is 2.45. The zero-order chi connectivity index (χ0) is 9.47. The molecule has 0 spiro atoms. The average Bonchev–Trinajstić information content (AvgIpc) is 2.47. The van der Waals surface area contributed by atoms with Crippen molar-refractivity contribution in [1.29, 1.82) is 0 Å². The summed E-state index contributed by atoms with van der Waals surface area (Å²) in [5.41, 5.74) is 1.01. The van der Waals surface area contributed by atoms with E-state index in [1.54, 1.807) is 6.21 Å². The van der Waals surface area contributed by atoms with Crippen molar-refractivity contribution < 1.29 is 18.2 Å². The number of hydrogen-bond acceptors (Lipinski definition) is 2. The van der Waals surface area contributed by atoms with E-state index in [0.29, 0.717) is 17.8 Å². The highest BCUT2D eigenvalue weighted by molar-refractivity contribution is 5.77. The van der Waals surface area contributed by atoms with Crippen LogP contribution < -0.4 is 4.99 Å². The van der Waals surface area contributed by atoms with Gasteiger partial charge in [-0.1, -0.05) is 0 Å². The van der Waals surface area contributed by atoms with Gasteiger partial charge in [-0.15, -0.1) is 0 Å². The summed E-state index contributed by atoms with van der Waals surface area (Å²) in [4.78, 5) is 9.38. The van der Waals surface area contributed by atoms with Crippen LogP contribution in [0.3, 0.4) is 0 Å². The van der Waals surface area contributed by atoms with Crippen LogP contribution in [0.5, 0.6) is 0 Å². The van der Waals surface area contributed by atoms with E-state index in [2.05, 4.69) is 15.0 Å². The maximum Gasteiger partial charge on any atom is 0.451 e. The Hall–Kier alpha value is -1.46. The summed E-state index contributed by atoms with van der Waals surface area (Å²) in [6, 6.07) is 0. The van der Waals surface area contributed by atoms with Gasteiger partial charge in [-0.2, -0.15) is 13.2 Å². The lowest BCUT2D eigenvalue weighted by molar-refractivity contribution is -0.465. The van der Waals surface area contributed by atoms with E-state index in [1.807, 2.05) is 0 Å². The first kappa shape index (κ1) is 8.15. The summed E-state index contributed by atoms with van der Waals surface area (Å²) in [6.45, 7) is 0.334. The summed E-state index contributed by atoms with van der Waals surface area (Å²) in [6.07, 6.45) is -1.70. The Morgan fingerprint density at radius 3 is 2.85 bits per heavy atom. The van der Waals surface area contributed by atoms with Crippen LogP contribution in [0.15, 0.2) is 6.20 Å². The molecule has 1 aromatic rings. The molecule has 1 aromatic heterocycles. The van der Waals surface area contributed by atoms with Gasteiger partial charge in [-0.25, -0.2) is 15.0 Å². The van der Waals surface area contributed by atoms with Crippen LogP contribution in [0.4, 0.5) is 13.2 Å². The zero-order valence-electron chi connectivity index (χ0n) is 6.39. The molecule has 0 radical (unpaired) electrons. The van der Waals surface area contributed by atoms with Gasteiger partial charge in [0.05, 0.1) is 5.56 Å². The van der Waals surface area contributed by atoms with Crippen LogP contribution in [0.1, 0.15) is 17.1 Å². The van der Waals surface area contributed by atoms with Gasteiger partial charge in [0.1, 0.15) is 5.69 Å². The maximum atomic E-state index is 12.1. The maximum absolute atomic E-state index is 12.1. The monoisotopic (exact) mass is 188 g/mol. The van der Waals surface area contributed by atoms with Crippen molar-refractivity contribution in [3.05, 3.63) is 23.3 Å². The molecule has 6 heteroatoms. The van der Waals surface area contributed by atoms with Gasteiger partial charge in [-0.3, -0.25) is 0 Å². The van der Waals surface area contributed by atoms with Gasteiger partial charge >= 0.3 is 6.18 Å². The topological polar surface area (TPSA) is 39.8 Å². The molecule has 0 fully saturated rings. The van der Waals surface area contributed by atoms with Crippen molar-refractivity contribution in [2.45, 2.75) is 12.7 Å². The van der Waals surface area contributed by atoms with Crippen LogP contribution in [0.2, 0.25) is 0 Å². The largest absolute Gasteiger partial charge is 0.451 e. The smallest absolute Gasteiger partial charge is 0.242 e. The summed E-state index contributed by atoms with van der Waals surface area (Å²) in [7, 11) is 0. The van der Waals surface area contributed by atoms with Crippen molar-refractivity contribution in [3.63, 3.8) is 0 Å². The van der Waals surface area contributed by atoms with Crippen LogP contribution in [-0.4, -0.2) is 16.2 Å². The van der Waals surface area contributed by atoms with E-state index in [1.165, 1.54) is 6.20 Å². The lowest BCUT2D eigenvalue weighted by Crippen LogP contribution is -2.63. The second-order valence-electron chi connectivity index (χ2n) is 2.62. The van der Waals surface area contributed by atoms with Crippen molar-refractivity contribution in [2.24, 2.45) is 0 Å². The number of aromatic nitrogens is 2.